The van der Waals surface area contributed by atoms with Gasteiger partial charge in [-0.05, 0) is 83.9 Å². The average molecular weight is 914 g/mol. The first-order valence-electron chi connectivity index (χ1n) is 19.3. The predicted molar refractivity (Wildman–Crippen MR) is 230 cm³/mol. The Balaban J connectivity index is 1.10. The standard InChI is InChI=1S/C45H31F8N9O4/c46-28-16-11-23(44(48,49)50)18-30(28)60-42(65)57-25-12-7-21(8-13-25)34-27-4-1-2-6-32(27)62(39(34)41(55)64)33-20-24(45(51,52)53)19-31(36(33)47)61-43(66)58-26-14-9-22(10-15-26)35-37-29(5-3-17-56-37)59-38(35)40(54)63/h1-20,42,57,59-60,65H,(H2,54,63)(H2,55,64)(H2,58,61,66). The van der Waals surface area contributed by atoms with E-state index in [1.54, 1.807) is 18.2 Å². The second-order valence-corrected chi connectivity index (χ2v) is 14.6. The number of carbonyl (C=O) groups is 3. The molecule has 0 aliphatic heterocycles. The molecular formula is C45H31F8N9O4. The minimum atomic E-state index is -5.10. The Morgan fingerprint density at radius 3 is 1.97 bits per heavy atom. The third kappa shape index (κ3) is 8.61. The van der Waals surface area contributed by atoms with E-state index in [2.05, 4.69) is 31.2 Å². The van der Waals surface area contributed by atoms with Crippen LogP contribution in [0.2, 0.25) is 0 Å². The maximum Gasteiger partial charge on any atom is 0.416 e. The lowest BCUT2D eigenvalue weighted by Gasteiger charge is -2.19. The molecule has 336 valence electrons. The van der Waals surface area contributed by atoms with Gasteiger partial charge >= 0.3 is 18.4 Å². The number of alkyl halides is 6. The van der Waals surface area contributed by atoms with Gasteiger partial charge in [-0.15, -0.1) is 0 Å². The molecule has 10 N–H and O–H groups in total. The highest BCUT2D eigenvalue weighted by Gasteiger charge is 2.35. The summed E-state index contributed by atoms with van der Waals surface area (Å²) >= 11 is 0. The number of aliphatic hydroxyl groups is 1. The van der Waals surface area contributed by atoms with Gasteiger partial charge in [-0.25, -0.2) is 13.6 Å². The van der Waals surface area contributed by atoms with Crippen LogP contribution in [0.5, 0.6) is 0 Å². The molecule has 8 aromatic rings. The van der Waals surface area contributed by atoms with Crippen molar-refractivity contribution in [2.45, 2.75) is 18.7 Å². The number of urea groups is 1. The molecule has 4 amide bonds. The second kappa shape index (κ2) is 16.9. The predicted octanol–water partition coefficient (Wildman–Crippen LogP) is 9.80. The minimum Gasteiger partial charge on any atom is -0.364 e. The third-order valence-electron chi connectivity index (χ3n) is 10.3. The van der Waals surface area contributed by atoms with Crippen molar-refractivity contribution < 1.29 is 54.6 Å². The number of aromatic nitrogens is 3. The zero-order valence-corrected chi connectivity index (χ0v) is 33.4. The average Bonchev–Trinajstić information content (AvgIpc) is 3.82. The number of carbonyl (C=O) groups excluding carboxylic acids is 3. The van der Waals surface area contributed by atoms with Crippen LogP contribution in [0, 0.1) is 11.6 Å². The van der Waals surface area contributed by atoms with Crippen LogP contribution in [0.4, 0.5) is 62.7 Å². The Labute approximate surface area is 366 Å². The van der Waals surface area contributed by atoms with Gasteiger partial charge in [-0.1, -0.05) is 42.5 Å². The number of hydrogen-bond donors (Lipinski definition) is 8. The number of pyridine rings is 1. The lowest BCUT2D eigenvalue weighted by Crippen LogP contribution is -2.28. The number of amides is 4. The highest BCUT2D eigenvalue weighted by atomic mass is 19.4. The first kappa shape index (κ1) is 44.2. The lowest BCUT2D eigenvalue weighted by atomic mass is 10.0. The highest BCUT2D eigenvalue weighted by Crippen LogP contribution is 2.42. The molecule has 1 atom stereocenters. The van der Waals surface area contributed by atoms with Gasteiger partial charge in [0, 0.05) is 34.1 Å². The number of fused-ring (bicyclic) bond motifs is 2. The zero-order valence-electron chi connectivity index (χ0n) is 33.4. The summed E-state index contributed by atoms with van der Waals surface area (Å²) in [5.74, 6) is -4.41. The number of primary amides is 2. The molecular weight excluding hydrogens is 883 g/mol. The summed E-state index contributed by atoms with van der Waals surface area (Å²) in [6.07, 6.45) is -10.2. The van der Waals surface area contributed by atoms with Gasteiger partial charge in [0.2, 0.25) is 6.35 Å². The van der Waals surface area contributed by atoms with Gasteiger partial charge < -0.3 is 47.4 Å². The molecule has 21 heteroatoms. The fourth-order valence-electron chi connectivity index (χ4n) is 7.42. The summed E-state index contributed by atoms with van der Waals surface area (Å²) in [4.78, 5) is 46.1. The smallest absolute Gasteiger partial charge is 0.364 e. The van der Waals surface area contributed by atoms with Crippen molar-refractivity contribution in [3.05, 3.63) is 156 Å². The first-order chi connectivity index (χ1) is 31.3. The first-order valence-corrected chi connectivity index (χ1v) is 19.3. The number of halogens is 8. The van der Waals surface area contributed by atoms with Crippen molar-refractivity contribution in [3.8, 4) is 27.9 Å². The Bertz CT molecular complexity index is 3200. The van der Waals surface area contributed by atoms with E-state index in [9.17, 15) is 50.2 Å². The van der Waals surface area contributed by atoms with Crippen molar-refractivity contribution in [2.24, 2.45) is 11.5 Å². The molecule has 0 bridgehead atoms. The summed E-state index contributed by atoms with van der Waals surface area (Å²) < 4.78 is 115. The molecule has 0 radical (unpaired) electrons. The van der Waals surface area contributed by atoms with E-state index in [1.165, 1.54) is 72.9 Å². The van der Waals surface area contributed by atoms with Crippen molar-refractivity contribution in [3.63, 3.8) is 0 Å². The normalized spacial score (nSPS) is 12.3. The molecule has 0 saturated heterocycles. The third-order valence-corrected chi connectivity index (χ3v) is 10.3. The SMILES string of the molecule is NC(=O)c1[nH]c2cccnc2c1-c1ccc(NC(=O)Nc2cc(C(F)(F)F)cc(-n3c(C(N)=O)c(-c4ccc(NC(O)Nc5cc(C(F)(F)F)ccc5F)cc4)c4ccccc43)c2F)cc1. The number of nitrogens with one attached hydrogen (secondary N) is 5. The molecule has 0 aliphatic carbocycles. The van der Waals surface area contributed by atoms with Crippen LogP contribution in [-0.2, 0) is 12.4 Å². The van der Waals surface area contributed by atoms with E-state index in [0.29, 0.717) is 52.5 Å². The lowest BCUT2D eigenvalue weighted by molar-refractivity contribution is -0.138. The summed E-state index contributed by atoms with van der Waals surface area (Å²) in [6.45, 7) is 0. The molecule has 3 aromatic heterocycles. The number of nitrogens with zero attached hydrogens (tertiary/aromatic N) is 2. The maximum absolute atomic E-state index is 16.7. The molecule has 8 rings (SSSR count). The maximum atomic E-state index is 16.7. The minimum absolute atomic E-state index is 0.0323. The van der Waals surface area contributed by atoms with Crippen LogP contribution in [0.1, 0.15) is 32.1 Å². The Morgan fingerprint density at radius 1 is 0.682 bits per heavy atom. The van der Waals surface area contributed by atoms with Gasteiger partial charge in [0.1, 0.15) is 17.2 Å². The largest absolute Gasteiger partial charge is 0.416 e. The number of anilines is 4. The van der Waals surface area contributed by atoms with Crippen LogP contribution < -0.4 is 32.7 Å². The van der Waals surface area contributed by atoms with Crippen LogP contribution in [0.25, 0.3) is 49.9 Å². The molecule has 66 heavy (non-hydrogen) atoms. The molecule has 0 spiro atoms. The second-order valence-electron chi connectivity index (χ2n) is 14.6. The molecule has 0 aliphatic rings. The summed E-state index contributed by atoms with van der Waals surface area (Å²) in [6, 6.07) is 22.0. The number of rotatable bonds is 11. The number of H-pyrrole nitrogens is 1. The van der Waals surface area contributed by atoms with E-state index in [4.69, 9.17) is 11.5 Å². The molecule has 0 fully saturated rings. The summed E-state index contributed by atoms with van der Waals surface area (Å²) in [5.41, 5.74) is 8.51. The van der Waals surface area contributed by atoms with E-state index >= 15 is 4.39 Å². The number of aromatic amines is 1. The van der Waals surface area contributed by atoms with E-state index in [-0.39, 0.29) is 39.1 Å². The van der Waals surface area contributed by atoms with E-state index < -0.39 is 82.1 Å². The van der Waals surface area contributed by atoms with Gasteiger partial charge in [-0.3, -0.25) is 14.6 Å². The molecule has 3 heterocycles. The van der Waals surface area contributed by atoms with Crippen LogP contribution in [-0.4, -0.2) is 43.8 Å². The Morgan fingerprint density at radius 2 is 1.32 bits per heavy atom. The van der Waals surface area contributed by atoms with Gasteiger partial charge in [0.25, 0.3) is 11.8 Å². The number of hydrogen-bond acceptors (Lipinski definition) is 7. The van der Waals surface area contributed by atoms with E-state index in [1.807, 2.05) is 0 Å². The fraction of sp³-hybridized carbons (Fsp3) is 0.0667. The zero-order chi connectivity index (χ0) is 47.2. The number of aliphatic hydroxyl groups excluding tert-OH is 1. The van der Waals surface area contributed by atoms with Gasteiger partial charge in [-0.2, -0.15) is 26.3 Å². The van der Waals surface area contributed by atoms with Gasteiger partial charge in [0.05, 0.1) is 44.7 Å². The fourth-order valence-corrected chi connectivity index (χ4v) is 7.42. The van der Waals surface area contributed by atoms with Crippen LogP contribution in [0.3, 0.4) is 0 Å². The van der Waals surface area contributed by atoms with Crippen molar-refractivity contribution in [1.82, 2.24) is 14.5 Å². The monoisotopic (exact) mass is 913 g/mol. The molecule has 0 saturated carbocycles. The topological polar surface area (TPSA) is 205 Å². The Kier molecular flexibility index (Phi) is 11.3. The summed E-state index contributed by atoms with van der Waals surface area (Å²) in [7, 11) is 0. The van der Waals surface area contributed by atoms with Crippen LogP contribution in [0.15, 0.2) is 121 Å². The van der Waals surface area contributed by atoms with Crippen LogP contribution >= 0.6 is 0 Å². The number of benzene rings is 5. The number of nitrogens with two attached hydrogens (primary N) is 2. The number of para-hydroxylation sites is 1. The van der Waals surface area contributed by atoms with Crippen molar-refractivity contribution in [2.75, 3.05) is 21.3 Å². The summed E-state index contributed by atoms with van der Waals surface area (Å²) in [5, 5.41) is 20.0. The van der Waals surface area contributed by atoms with E-state index in [0.717, 1.165) is 4.57 Å². The highest BCUT2D eigenvalue weighted by molar-refractivity contribution is 6.11. The quantitative estimate of drug-likeness (QED) is 0.0465. The molecule has 1 unspecified atom stereocenters. The molecule has 13 nitrogen and oxygen atoms in total. The Hall–Kier alpha value is -8.46. The van der Waals surface area contributed by atoms with Gasteiger partial charge in [0.15, 0.2) is 5.82 Å². The van der Waals surface area contributed by atoms with Crippen molar-refractivity contribution in [1.29, 1.82) is 0 Å². The van der Waals surface area contributed by atoms with Crippen molar-refractivity contribution >= 4 is 62.5 Å². The molecule has 5 aromatic carbocycles.